The van der Waals surface area contributed by atoms with E-state index in [1.54, 1.807) is 63.6 Å². The standard InChI is InChI=1S/C17H20N2O4S/c1-4-15(13-10-11-16(22-2)17(12-13)23-3)18-19-24(20,21)14-8-6-5-7-9-14/h4-12,18-19H,1-3H3/b15-4+. The largest absolute Gasteiger partial charge is 0.493 e. The summed E-state index contributed by atoms with van der Waals surface area (Å²) in [5, 5.41) is 0. The van der Waals surface area contributed by atoms with Crippen molar-refractivity contribution in [2.75, 3.05) is 14.2 Å². The molecule has 0 bridgehead atoms. The first kappa shape index (κ1) is 17.8. The first-order valence-electron chi connectivity index (χ1n) is 7.23. The molecule has 0 saturated carbocycles. The predicted molar refractivity (Wildman–Crippen MR) is 93.1 cm³/mol. The Morgan fingerprint density at radius 2 is 1.67 bits per heavy atom. The average Bonchev–Trinajstić information content (AvgIpc) is 2.62. The van der Waals surface area contributed by atoms with Crippen LogP contribution in [-0.4, -0.2) is 22.6 Å². The molecule has 0 spiro atoms. The van der Waals surface area contributed by atoms with Gasteiger partial charge in [0, 0.05) is 5.56 Å². The Hall–Kier alpha value is -2.51. The fourth-order valence-electron chi connectivity index (χ4n) is 2.10. The maximum Gasteiger partial charge on any atom is 0.257 e. The van der Waals surface area contributed by atoms with Crippen LogP contribution in [0.15, 0.2) is 59.5 Å². The van der Waals surface area contributed by atoms with Crippen molar-refractivity contribution in [3.63, 3.8) is 0 Å². The molecule has 0 aliphatic carbocycles. The predicted octanol–water partition coefficient (Wildman–Crippen LogP) is 2.55. The van der Waals surface area contributed by atoms with E-state index in [1.807, 2.05) is 0 Å². The molecule has 0 fully saturated rings. The maximum absolute atomic E-state index is 12.3. The topological polar surface area (TPSA) is 76.7 Å². The molecule has 6 nitrogen and oxygen atoms in total. The van der Waals surface area contributed by atoms with Gasteiger partial charge < -0.3 is 14.9 Å². The minimum Gasteiger partial charge on any atom is -0.493 e. The molecular weight excluding hydrogens is 328 g/mol. The van der Waals surface area contributed by atoms with Gasteiger partial charge in [-0.2, -0.15) is 0 Å². The zero-order valence-corrected chi connectivity index (χ0v) is 14.6. The van der Waals surface area contributed by atoms with Crippen LogP contribution in [0.25, 0.3) is 5.70 Å². The van der Waals surface area contributed by atoms with E-state index in [9.17, 15) is 8.42 Å². The van der Waals surface area contributed by atoms with E-state index < -0.39 is 10.0 Å². The third-order valence-corrected chi connectivity index (χ3v) is 4.62. The number of hydrogen-bond donors (Lipinski definition) is 2. The first-order chi connectivity index (χ1) is 11.5. The Bertz CT molecular complexity index is 818. The average molecular weight is 348 g/mol. The molecule has 0 aromatic heterocycles. The van der Waals surface area contributed by atoms with Crippen LogP contribution in [0.4, 0.5) is 0 Å². The highest BCUT2D eigenvalue weighted by molar-refractivity contribution is 7.89. The lowest BCUT2D eigenvalue weighted by molar-refractivity contribution is 0.355. The molecule has 0 saturated heterocycles. The van der Waals surface area contributed by atoms with Crippen molar-refractivity contribution >= 4 is 15.7 Å². The summed E-state index contributed by atoms with van der Waals surface area (Å²) in [4.78, 5) is 2.55. The van der Waals surface area contributed by atoms with E-state index in [4.69, 9.17) is 9.47 Å². The second-order valence-electron chi connectivity index (χ2n) is 4.82. The summed E-state index contributed by atoms with van der Waals surface area (Å²) >= 11 is 0. The summed E-state index contributed by atoms with van der Waals surface area (Å²) in [5.74, 6) is 1.16. The Balaban J connectivity index is 2.19. The minimum atomic E-state index is -3.66. The Kier molecular flexibility index (Phi) is 5.83. The second kappa shape index (κ2) is 7.85. The van der Waals surface area contributed by atoms with Crippen LogP contribution in [0.3, 0.4) is 0 Å². The number of hydrogen-bond acceptors (Lipinski definition) is 5. The number of benzene rings is 2. The van der Waals surface area contributed by atoms with Gasteiger partial charge >= 0.3 is 0 Å². The fraction of sp³-hybridized carbons (Fsp3) is 0.176. The summed E-state index contributed by atoms with van der Waals surface area (Å²) in [6, 6.07) is 13.5. The van der Waals surface area contributed by atoms with Crippen molar-refractivity contribution in [3.8, 4) is 11.5 Å². The van der Waals surface area contributed by atoms with E-state index in [1.165, 1.54) is 12.1 Å². The molecule has 2 rings (SSSR count). The van der Waals surface area contributed by atoms with Gasteiger partial charge in [-0.05, 0) is 37.3 Å². The summed E-state index contributed by atoms with van der Waals surface area (Å²) in [5.41, 5.74) is 4.09. The van der Waals surface area contributed by atoms with Gasteiger partial charge in [-0.15, -0.1) is 4.83 Å². The SMILES string of the molecule is C/C=C(/NNS(=O)(=O)c1ccccc1)c1ccc(OC)c(OC)c1. The lowest BCUT2D eigenvalue weighted by atomic mass is 10.1. The van der Waals surface area contributed by atoms with Crippen LogP contribution in [-0.2, 0) is 10.0 Å². The van der Waals surface area contributed by atoms with Crippen molar-refractivity contribution < 1.29 is 17.9 Å². The van der Waals surface area contributed by atoms with Gasteiger partial charge in [-0.3, -0.25) is 0 Å². The molecular formula is C17H20N2O4S. The number of allylic oxidation sites excluding steroid dienone is 1. The van der Waals surface area contributed by atoms with Crippen molar-refractivity contribution in [1.82, 2.24) is 10.3 Å². The van der Waals surface area contributed by atoms with Gasteiger partial charge in [-0.1, -0.05) is 24.3 Å². The van der Waals surface area contributed by atoms with Crippen molar-refractivity contribution in [2.24, 2.45) is 0 Å². The Morgan fingerprint density at radius 1 is 1.00 bits per heavy atom. The summed E-state index contributed by atoms with van der Waals surface area (Å²) in [6.45, 7) is 1.80. The molecule has 0 unspecified atom stereocenters. The van der Waals surface area contributed by atoms with Gasteiger partial charge in [0.25, 0.3) is 10.0 Å². The van der Waals surface area contributed by atoms with E-state index in [-0.39, 0.29) is 4.90 Å². The molecule has 2 N–H and O–H groups in total. The lowest BCUT2D eigenvalue weighted by Gasteiger charge is -2.15. The molecule has 0 atom stereocenters. The zero-order valence-electron chi connectivity index (χ0n) is 13.7. The quantitative estimate of drug-likeness (QED) is 0.752. The number of methoxy groups -OCH3 is 2. The highest BCUT2D eigenvalue weighted by atomic mass is 32.2. The third-order valence-electron chi connectivity index (χ3n) is 3.36. The zero-order chi connectivity index (χ0) is 17.6. The van der Waals surface area contributed by atoms with Gasteiger partial charge in [0.05, 0.1) is 24.8 Å². The number of sulfonamides is 1. The summed E-state index contributed by atoms with van der Waals surface area (Å²) < 4.78 is 35.0. The molecule has 7 heteroatoms. The van der Waals surface area contributed by atoms with Gasteiger partial charge in [0.2, 0.25) is 0 Å². The molecule has 0 heterocycles. The van der Waals surface area contributed by atoms with Crippen LogP contribution in [0, 0.1) is 0 Å². The van der Waals surface area contributed by atoms with Crippen molar-refractivity contribution in [2.45, 2.75) is 11.8 Å². The Labute approximate surface area is 142 Å². The van der Waals surface area contributed by atoms with E-state index in [0.717, 1.165) is 5.56 Å². The van der Waals surface area contributed by atoms with Crippen LogP contribution in [0.5, 0.6) is 11.5 Å². The number of nitrogens with one attached hydrogen (secondary N) is 2. The molecule has 0 aliphatic rings. The number of hydrazine groups is 1. The number of ether oxygens (including phenoxy) is 2. The third kappa shape index (κ3) is 4.06. The number of rotatable bonds is 7. The molecule has 0 aliphatic heterocycles. The van der Waals surface area contributed by atoms with Crippen LogP contribution in [0.1, 0.15) is 12.5 Å². The molecule has 128 valence electrons. The smallest absolute Gasteiger partial charge is 0.257 e. The molecule has 0 radical (unpaired) electrons. The highest BCUT2D eigenvalue weighted by Crippen LogP contribution is 2.29. The first-order valence-corrected chi connectivity index (χ1v) is 8.71. The van der Waals surface area contributed by atoms with Crippen LogP contribution >= 0.6 is 0 Å². The molecule has 2 aromatic rings. The van der Waals surface area contributed by atoms with Gasteiger partial charge in [0.15, 0.2) is 11.5 Å². The highest BCUT2D eigenvalue weighted by Gasteiger charge is 2.14. The second-order valence-corrected chi connectivity index (χ2v) is 6.50. The van der Waals surface area contributed by atoms with E-state index in [2.05, 4.69) is 10.3 Å². The fourth-order valence-corrected chi connectivity index (χ4v) is 2.97. The van der Waals surface area contributed by atoms with Crippen molar-refractivity contribution in [3.05, 3.63) is 60.2 Å². The van der Waals surface area contributed by atoms with E-state index in [0.29, 0.717) is 17.2 Å². The maximum atomic E-state index is 12.3. The lowest BCUT2D eigenvalue weighted by Crippen LogP contribution is -2.36. The summed E-state index contributed by atoms with van der Waals surface area (Å²) in [6.07, 6.45) is 1.76. The molecule has 24 heavy (non-hydrogen) atoms. The van der Waals surface area contributed by atoms with Gasteiger partial charge in [-0.25, -0.2) is 8.42 Å². The molecule has 2 aromatic carbocycles. The minimum absolute atomic E-state index is 0.181. The van der Waals surface area contributed by atoms with Crippen LogP contribution in [0.2, 0.25) is 0 Å². The summed E-state index contributed by atoms with van der Waals surface area (Å²) in [7, 11) is -0.560. The monoisotopic (exact) mass is 348 g/mol. The van der Waals surface area contributed by atoms with Gasteiger partial charge in [0.1, 0.15) is 0 Å². The molecule has 0 amide bonds. The van der Waals surface area contributed by atoms with Crippen LogP contribution < -0.4 is 19.7 Å². The normalized spacial score (nSPS) is 11.9. The van der Waals surface area contributed by atoms with Crippen molar-refractivity contribution in [1.29, 1.82) is 0 Å². The van der Waals surface area contributed by atoms with E-state index >= 15 is 0 Å². The Morgan fingerprint density at radius 3 is 2.25 bits per heavy atom.